The van der Waals surface area contributed by atoms with E-state index in [9.17, 15) is 18.8 Å². The molecule has 2 rings (SSSR count). The number of carbonyl (C=O) groups excluding carboxylic acids is 3. The standard InChI is InChI=1S/C18H19FN2O3/c1-11(8-17(23)13-4-6-15(19)7-5-13)20-18(24)16-9-14(12(2)22)10-21(16)3/h4-7,9-11H,8H2,1-3H3,(H,20,24)/t11-/m0/s1. The number of aryl methyl sites for hydroxylation is 1. The third kappa shape index (κ3) is 4.16. The average molecular weight is 330 g/mol. The van der Waals surface area contributed by atoms with Gasteiger partial charge >= 0.3 is 0 Å². The minimum Gasteiger partial charge on any atom is -0.348 e. The fourth-order valence-corrected chi connectivity index (χ4v) is 2.36. The molecule has 1 aromatic heterocycles. The summed E-state index contributed by atoms with van der Waals surface area (Å²) >= 11 is 0. The Morgan fingerprint density at radius 3 is 2.33 bits per heavy atom. The summed E-state index contributed by atoms with van der Waals surface area (Å²) in [4.78, 5) is 35.8. The molecule has 0 saturated heterocycles. The minimum absolute atomic E-state index is 0.0986. The molecule has 0 fully saturated rings. The van der Waals surface area contributed by atoms with Gasteiger partial charge < -0.3 is 9.88 Å². The third-order valence-electron chi connectivity index (χ3n) is 3.68. The molecular formula is C18H19FN2O3. The van der Waals surface area contributed by atoms with Gasteiger partial charge in [-0.3, -0.25) is 14.4 Å². The van der Waals surface area contributed by atoms with Crippen LogP contribution < -0.4 is 5.32 Å². The zero-order valence-corrected chi connectivity index (χ0v) is 13.8. The maximum absolute atomic E-state index is 12.9. The Balaban J connectivity index is 2.00. The monoisotopic (exact) mass is 330 g/mol. The molecule has 0 aliphatic heterocycles. The first-order valence-electron chi connectivity index (χ1n) is 7.55. The topological polar surface area (TPSA) is 68.2 Å². The quantitative estimate of drug-likeness (QED) is 0.828. The highest BCUT2D eigenvalue weighted by molar-refractivity contribution is 6.00. The van der Waals surface area contributed by atoms with Gasteiger partial charge in [0.2, 0.25) is 0 Å². The van der Waals surface area contributed by atoms with Gasteiger partial charge in [-0.1, -0.05) is 0 Å². The Bertz CT molecular complexity index is 778. The van der Waals surface area contributed by atoms with Gasteiger partial charge in [-0.15, -0.1) is 0 Å². The van der Waals surface area contributed by atoms with E-state index in [4.69, 9.17) is 0 Å². The van der Waals surface area contributed by atoms with Crippen LogP contribution in [0, 0.1) is 5.82 Å². The molecule has 0 spiro atoms. The number of Topliss-reactive ketones (excluding diaryl/α,β-unsaturated/α-hetero) is 2. The Morgan fingerprint density at radius 1 is 1.17 bits per heavy atom. The SMILES string of the molecule is CC(=O)c1cc(C(=O)N[C@@H](C)CC(=O)c2ccc(F)cc2)n(C)c1. The number of nitrogens with zero attached hydrogens (tertiary/aromatic N) is 1. The molecule has 0 unspecified atom stereocenters. The summed E-state index contributed by atoms with van der Waals surface area (Å²) in [7, 11) is 1.68. The number of benzene rings is 1. The molecule has 1 N–H and O–H groups in total. The first-order valence-corrected chi connectivity index (χ1v) is 7.55. The predicted molar refractivity (Wildman–Crippen MR) is 87.7 cm³/mol. The number of carbonyl (C=O) groups is 3. The second kappa shape index (κ2) is 7.21. The van der Waals surface area contributed by atoms with Gasteiger partial charge in [0, 0.05) is 36.8 Å². The highest BCUT2D eigenvalue weighted by atomic mass is 19.1. The van der Waals surface area contributed by atoms with Crippen LogP contribution in [0.2, 0.25) is 0 Å². The second-order valence-corrected chi connectivity index (χ2v) is 5.79. The summed E-state index contributed by atoms with van der Waals surface area (Å²) < 4.78 is 14.4. The summed E-state index contributed by atoms with van der Waals surface area (Å²) in [5.74, 6) is -1.06. The zero-order chi connectivity index (χ0) is 17.9. The number of amides is 1. The molecule has 0 radical (unpaired) electrons. The molecular weight excluding hydrogens is 311 g/mol. The lowest BCUT2D eigenvalue weighted by molar-refractivity contribution is 0.0911. The molecule has 0 bridgehead atoms. The maximum Gasteiger partial charge on any atom is 0.268 e. The normalized spacial score (nSPS) is 11.8. The number of hydrogen-bond donors (Lipinski definition) is 1. The lowest BCUT2D eigenvalue weighted by Crippen LogP contribution is -2.35. The van der Waals surface area contributed by atoms with Crippen molar-refractivity contribution in [3.8, 4) is 0 Å². The van der Waals surface area contributed by atoms with Gasteiger partial charge in [0.25, 0.3) is 5.91 Å². The second-order valence-electron chi connectivity index (χ2n) is 5.79. The van der Waals surface area contributed by atoms with Crippen molar-refractivity contribution in [2.75, 3.05) is 0 Å². The smallest absolute Gasteiger partial charge is 0.268 e. The molecule has 1 amide bonds. The van der Waals surface area contributed by atoms with Gasteiger partial charge in [-0.2, -0.15) is 0 Å². The van der Waals surface area contributed by atoms with Crippen molar-refractivity contribution in [2.45, 2.75) is 26.3 Å². The summed E-state index contributed by atoms with van der Waals surface area (Å²) in [5, 5.41) is 2.74. The maximum atomic E-state index is 12.9. The molecule has 2 aromatic rings. The average Bonchev–Trinajstić information content (AvgIpc) is 2.90. The first-order chi connectivity index (χ1) is 11.3. The number of rotatable bonds is 6. The lowest BCUT2D eigenvalue weighted by Gasteiger charge is -2.13. The van der Waals surface area contributed by atoms with Gasteiger partial charge in [0.05, 0.1) is 0 Å². The molecule has 0 aliphatic rings. The molecule has 0 saturated carbocycles. The van der Waals surface area contributed by atoms with Crippen LogP contribution in [0.4, 0.5) is 4.39 Å². The Hall–Kier alpha value is -2.76. The van der Waals surface area contributed by atoms with Crippen LogP contribution in [-0.2, 0) is 7.05 Å². The van der Waals surface area contributed by atoms with Gasteiger partial charge in [0.1, 0.15) is 11.5 Å². The van der Waals surface area contributed by atoms with Crippen LogP contribution in [0.1, 0.15) is 51.5 Å². The number of halogens is 1. The van der Waals surface area contributed by atoms with Crippen LogP contribution in [0.15, 0.2) is 36.5 Å². The van der Waals surface area contributed by atoms with Crippen LogP contribution in [-0.4, -0.2) is 28.1 Å². The summed E-state index contributed by atoms with van der Waals surface area (Å²) in [5.41, 5.74) is 1.20. The number of hydrogen-bond acceptors (Lipinski definition) is 3. The van der Waals surface area contributed by atoms with Crippen molar-refractivity contribution in [3.05, 3.63) is 59.2 Å². The van der Waals surface area contributed by atoms with Crippen LogP contribution in [0.5, 0.6) is 0 Å². The minimum atomic E-state index is -0.405. The van der Waals surface area contributed by atoms with Crippen LogP contribution in [0.3, 0.4) is 0 Å². The molecule has 0 aliphatic carbocycles. The van der Waals surface area contributed by atoms with E-state index in [1.54, 1.807) is 24.7 Å². The van der Waals surface area contributed by atoms with E-state index in [0.29, 0.717) is 16.8 Å². The predicted octanol–water partition coefficient (Wildman–Crippen LogP) is 2.76. The Labute approximate surface area is 139 Å². The zero-order valence-electron chi connectivity index (χ0n) is 13.8. The van der Waals surface area contributed by atoms with E-state index in [-0.39, 0.29) is 23.9 Å². The first kappa shape index (κ1) is 17.6. The molecule has 1 atom stereocenters. The molecule has 24 heavy (non-hydrogen) atoms. The highest BCUT2D eigenvalue weighted by Gasteiger charge is 2.18. The summed E-state index contributed by atoms with van der Waals surface area (Å²) in [6.45, 7) is 3.15. The van der Waals surface area contributed by atoms with Crippen molar-refractivity contribution in [1.29, 1.82) is 0 Å². The molecule has 5 nitrogen and oxygen atoms in total. The van der Waals surface area contributed by atoms with E-state index in [1.807, 2.05) is 0 Å². The van der Waals surface area contributed by atoms with Gasteiger partial charge in [0.15, 0.2) is 11.6 Å². The number of nitrogens with one attached hydrogen (secondary N) is 1. The molecule has 1 aromatic carbocycles. The van der Waals surface area contributed by atoms with E-state index in [2.05, 4.69) is 5.32 Å². The summed E-state index contributed by atoms with van der Waals surface area (Å²) in [6, 6.07) is 6.41. The number of aromatic nitrogens is 1. The van der Waals surface area contributed by atoms with Crippen molar-refractivity contribution >= 4 is 17.5 Å². The fraction of sp³-hybridized carbons (Fsp3) is 0.278. The highest BCUT2D eigenvalue weighted by Crippen LogP contribution is 2.10. The van der Waals surface area contributed by atoms with E-state index < -0.39 is 11.9 Å². The lowest BCUT2D eigenvalue weighted by atomic mass is 10.0. The van der Waals surface area contributed by atoms with Crippen molar-refractivity contribution < 1.29 is 18.8 Å². The van der Waals surface area contributed by atoms with Crippen LogP contribution in [0.25, 0.3) is 0 Å². The van der Waals surface area contributed by atoms with Crippen LogP contribution >= 0.6 is 0 Å². The molecule has 126 valence electrons. The van der Waals surface area contributed by atoms with Crippen molar-refractivity contribution in [3.63, 3.8) is 0 Å². The van der Waals surface area contributed by atoms with Gasteiger partial charge in [-0.05, 0) is 44.2 Å². The molecule has 1 heterocycles. The Morgan fingerprint density at radius 2 is 1.79 bits per heavy atom. The fourth-order valence-electron chi connectivity index (χ4n) is 2.36. The van der Waals surface area contributed by atoms with E-state index in [1.165, 1.54) is 37.3 Å². The van der Waals surface area contributed by atoms with Crippen molar-refractivity contribution in [1.82, 2.24) is 9.88 Å². The molecule has 6 heteroatoms. The van der Waals surface area contributed by atoms with Crippen molar-refractivity contribution in [2.24, 2.45) is 7.05 Å². The largest absolute Gasteiger partial charge is 0.348 e. The van der Waals surface area contributed by atoms with E-state index >= 15 is 0 Å². The Kier molecular flexibility index (Phi) is 5.28. The van der Waals surface area contributed by atoms with Gasteiger partial charge in [-0.25, -0.2) is 4.39 Å². The number of ketones is 2. The van der Waals surface area contributed by atoms with E-state index in [0.717, 1.165) is 0 Å². The summed E-state index contributed by atoms with van der Waals surface area (Å²) in [6.07, 6.45) is 1.69. The third-order valence-corrected chi connectivity index (χ3v) is 3.68.